The van der Waals surface area contributed by atoms with Crippen LogP contribution in [-0.4, -0.2) is 63.1 Å². The number of fused-ring (bicyclic) bond motifs is 1. The zero-order valence-corrected chi connectivity index (χ0v) is 19.3. The number of rotatable bonds is 2. The molecule has 1 fully saturated rings. The lowest BCUT2D eigenvalue weighted by atomic mass is 10.0. The summed E-state index contributed by atoms with van der Waals surface area (Å²) < 4.78 is 11.9. The molecule has 1 aromatic rings. The number of nitrogens with zero attached hydrogens (tertiary/aromatic N) is 4. The maximum Gasteiger partial charge on any atom is 0.435 e. The molecule has 172 valence electrons. The summed E-state index contributed by atoms with van der Waals surface area (Å²) in [5.74, 6) is 0.262. The lowest BCUT2D eigenvalue weighted by Crippen LogP contribution is -2.44. The van der Waals surface area contributed by atoms with Crippen LogP contribution in [0.25, 0.3) is 0 Å². The molecule has 3 heterocycles. The van der Waals surface area contributed by atoms with Crippen LogP contribution in [0, 0.1) is 0 Å². The first-order valence-electron chi connectivity index (χ1n) is 10.8. The van der Waals surface area contributed by atoms with E-state index in [1.807, 2.05) is 13.8 Å². The Hall–Kier alpha value is -2.78. The first-order chi connectivity index (χ1) is 14.5. The monoisotopic (exact) mass is 435 g/mol. The average molecular weight is 436 g/mol. The largest absolute Gasteiger partial charge is 0.448 e. The third-order valence-corrected chi connectivity index (χ3v) is 5.48. The summed E-state index contributed by atoms with van der Waals surface area (Å²) in [6, 6.07) is -0.260. The van der Waals surface area contributed by atoms with Gasteiger partial charge < -0.3 is 14.4 Å². The lowest BCUT2D eigenvalue weighted by Gasteiger charge is -2.34. The number of hydrogen-bond donors (Lipinski definition) is 1. The number of piperidine rings is 1. The van der Waals surface area contributed by atoms with E-state index >= 15 is 0 Å². The molecule has 0 aromatic carbocycles. The molecular formula is C21H33N5O5. The topological polar surface area (TPSA) is 106 Å². The number of urea groups is 1. The van der Waals surface area contributed by atoms with Crippen molar-refractivity contribution < 1.29 is 23.9 Å². The predicted molar refractivity (Wildman–Crippen MR) is 114 cm³/mol. The van der Waals surface area contributed by atoms with Gasteiger partial charge in [-0.05, 0) is 60.8 Å². The minimum absolute atomic E-state index is 0.159. The van der Waals surface area contributed by atoms with Crippen LogP contribution < -0.4 is 5.32 Å². The number of likely N-dealkylation sites (tertiary alicyclic amines) is 1. The molecule has 0 saturated carbocycles. The van der Waals surface area contributed by atoms with Crippen molar-refractivity contribution in [1.82, 2.24) is 19.6 Å². The Balaban J connectivity index is 1.95. The molecule has 1 saturated heterocycles. The number of ether oxygens (including phenoxy) is 2. The van der Waals surface area contributed by atoms with Crippen molar-refractivity contribution in [3.8, 4) is 0 Å². The summed E-state index contributed by atoms with van der Waals surface area (Å²) >= 11 is 0. The van der Waals surface area contributed by atoms with Gasteiger partial charge in [0.15, 0.2) is 5.82 Å². The molecule has 0 spiro atoms. The summed E-state index contributed by atoms with van der Waals surface area (Å²) in [6.45, 7) is 12.4. The quantitative estimate of drug-likeness (QED) is 0.755. The second-order valence-electron chi connectivity index (χ2n) is 9.39. The van der Waals surface area contributed by atoms with Gasteiger partial charge in [-0.15, -0.1) is 5.10 Å². The van der Waals surface area contributed by atoms with Crippen molar-refractivity contribution in [2.24, 2.45) is 0 Å². The van der Waals surface area contributed by atoms with E-state index < -0.39 is 23.3 Å². The molecule has 31 heavy (non-hydrogen) atoms. The predicted octanol–water partition coefficient (Wildman–Crippen LogP) is 3.89. The number of carbonyl (C=O) groups is 3. The van der Waals surface area contributed by atoms with E-state index in [2.05, 4.69) is 10.4 Å². The number of nitrogens with one attached hydrogen (secondary N) is 1. The summed E-state index contributed by atoms with van der Waals surface area (Å²) in [5.41, 5.74) is -0.452. The Labute approximate surface area is 182 Å². The standard InChI is InChI=1S/C21H33N5O5/c1-7-30-19(29)26-15-14(13-25(21(15,5)6)18(28)31-20(2,3)4)16(23-26)22-17(27)24-11-9-8-10-12-24/h7-13H2,1-6H3,(H,22,23,27). The van der Waals surface area contributed by atoms with Crippen molar-refractivity contribution >= 4 is 24.0 Å². The van der Waals surface area contributed by atoms with E-state index in [1.165, 1.54) is 4.90 Å². The van der Waals surface area contributed by atoms with E-state index in [0.29, 0.717) is 24.3 Å². The van der Waals surface area contributed by atoms with E-state index in [1.54, 1.807) is 32.6 Å². The third kappa shape index (κ3) is 4.62. The normalized spacial score (nSPS) is 17.9. The molecule has 2 aliphatic heterocycles. The van der Waals surface area contributed by atoms with Crippen molar-refractivity contribution in [2.45, 2.75) is 78.5 Å². The Kier molecular flexibility index (Phi) is 6.20. The second kappa shape index (κ2) is 8.39. The van der Waals surface area contributed by atoms with E-state index in [0.717, 1.165) is 23.9 Å². The minimum atomic E-state index is -0.897. The van der Waals surface area contributed by atoms with Crippen LogP contribution in [0.15, 0.2) is 0 Å². The molecule has 1 N–H and O–H groups in total. The molecule has 0 unspecified atom stereocenters. The van der Waals surface area contributed by atoms with Crippen LogP contribution in [0.2, 0.25) is 0 Å². The van der Waals surface area contributed by atoms with Crippen LogP contribution >= 0.6 is 0 Å². The SMILES string of the molecule is CCOC(=O)n1nc(NC(=O)N2CCCCC2)c2c1C(C)(C)N(C(=O)OC(C)(C)C)C2. The highest BCUT2D eigenvalue weighted by Gasteiger charge is 2.48. The Morgan fingerprint density at radius 2 is 1.74 bits per heavy atom. The van der Waals surface area contributed by atoms with Gasteiger partial charge in [-0.25, -0.2) is 14.4 Å². The molecule has 2 aliphatic rings. The van der Waals surface area contributed by atoms with Gasteiger partial charge >= 0.3 is 18.2 Å². The van der Waals surface area contributed by atoms with Crippen LogP contribution in [0.5, 0.6) is 0 Å². The third-order valence-electron chi connectivity index (χ3n) is 5.48. The van der Waals surface area contributed by atoms with Crippen LogP contribution in [0.4, 0.5) is 20.2 Å². The van der Waals surface area contributed by atoms with Crippen molar-refractivity contribution in [3.05, 3.63) is 11.3 Å². The summed E-state index contributed by atoms with van der Waals surface area (Å²) in [4.78, 5) is 41.6. The van der Waals surface area contributed by atoms with Crippen LogP contribution in [0.3, 0.4) is 0 Å². The molecule has 3 amide bonds. The van der Waals surface area contributed by atoms with E-state index in [-0.39, 0.29) is 25.0 Å². The maximum absolute atomic E-state index is 12.9. The number of amides is 3. The Bertz CT molecular complexity index is 864. The minimum Gasteiger partial charge on any atom is -0.448 e. The van der Waals surface area contributed by atoms with Gasteiger partial charge in [-0.1, -0.05) is 0 Å². The van der Waals surface area contributed by atoms with Gasteiger partial charge in [0.1, 0.15) is 5.60 Å². The summed E-state index contributed by atoms with van der Waals surface area (Å²) in [5, 5.41) is 7.20. The highest BCUT2D eigenvalue weighted by atomic mass is 16.6. The molecule has 0 aliphatic carbocycles. The highest BCUT2D eigenvalue weighted by molar-refractivity contribution is 5.90. The fourth-order valence-corrected chi connectivity index (χ4v) is 4.02. The van der Waals surface area contributed by atoms with Crippen LogP contribution in [-0.2, 0) is 21.6 Å². The molecule has 0 bridgehead atoms. The zero-order valence-electron chi connectivity index (χ0n) is 19.3. The number of hydrogen-bond acceptors (Lipinski definition) is 6. The van der Waals surface area contributed by atoms with Gasteiger partial charge in [0, 0.05) is 18.7 Å². The molecular weight excluding hydrogens is 402 g/mol. The molecule has 1 aromatic heterocycles. The number of carbonyl (C=O) groups excluding carboxylic acids is 3. The Morgan fingerprint density at radius 3 is 2.32 bits per heavy atom. The van der Waals surface area contributed by atoms with Gasteiger partial charge in [0.05, 0.1) is 24.4 Å². The first-order valence-corrected chi connectivity index (χ1v) is 10.8. The fourth-order valence-electron chi connectivity index (χ4n) is 4.02. The van der Waals surface area contributed by atoms with E-state index in [4.69, 9.17) is 9.47 Å². The maximum atomic E-state index is 12.9. The van der Waals surface area contributed by atoms with Crippen molar-refractivity contribution in [3.63, 3.8) is 0 Å². The summed E-state index contributed by atoms with van der Waals surface area (Å²) in [7, 11) is 0. The number of anilines is 1. The van der Waals surface area contributed by atoms with Crippen LogP contribution in [0.1, 0.15) is 72.1 Å². The van der Waals surface area contributed by atoms with E-state index in [9.17, 15) is 14.4 Å². The Morgan fingerprint density at radius 1 is 1.10 bits per heavy atom. The number of aromatic nitrogens is 2. The average Bonchev–Trinajstić information content (AvgIpc) is 3.17. The second-order valence-corrected chi connectivity index (χ2v) is 9.39. The van der Waals surface area contributed by atoms with Gasteiger partial charge in [-0.2, -0.15) is 4.68 Å². The fraction of sp³-hybridized carbons (Fsp3) is 0.714. The van der Waals surface area contributed by atoms with Gasteiger partial charge in [0.2, 0.25) is 0 Å². The van der Waals surface area contributed by atoms with Crippen molar-refractivity contribution in [1.29, 1.82) is 0 Å². The summed E-state index contributed by atoms with van der Waals surface area (Å²) in [6.07, 6.45) is 1.87. The molecule has 3 rings (SSSR count). The first kappa shape index (κ1) is 22.9. The van der Waals surface area contributed by atoms with Gasteiger partial charge in [-0.3, -0.25) is 10.2 Å². The van der Waals surface area contributed by atoms with Crippen molar-refractivity contribution in [2.75, 3.05) is 25.0 Å². The zero-order chi connectivity index (χ0) is 23.0. The van der Waals surface area contributed by atoms with Gasteiger partial charge in [0.25, 0.3) is 0 Å². The highest BCUT2D eigenvalue weighted by Crippen LogP contribution is 2.43. The smallest absolute Gasteiger partial charge is 0.435 e. The molecule has 0 atom stereocenters. The molecule has 0 radical (unpaired) electrons. The lowest BCUT2D eigenvalue weighted by molar-refractivity contribution is 0.00388. The molecule has 10 heteroatoms. The molecule has 10 nitrogen and oxygen atoms in total.